The maximum absolute atomic E-state index is 12.5. The molecule has 0 aliphatic carbocycles. The van der Waals surface area contributed by atoms with Gasteiger partial charge >= 0.3 is 5.97 Å². The van der Waals surface area contributed by atoms with Crippen molar-refractivity contribution >= 4 is 23.6 Å². The zero-order valence-electron chi connectivity index (χ0n) is 16.9. The van der Waals surface area contributed by atoms with Crippen molar-refractivity contribution in [3.05, 3.63) is 71.0 Å². The Balaban J connectivity index is 1.36. The molecule has 7 nitrogen and oxygen atoms in total. The number of hydrogen-bond donors (Lipinski definition) is 0. The standard InChI is InChI=1S/C22H22N4O3S/c1-15-23-24-22(30-2)26(15)19-9-7-17(8-10-19)21(28)29-14-20(27)25-12-11-16-5-3-4-6-18(16)13-25/h3-10H,11-14H2,1-2H3. The van der Waals surface area contributed by atoms with E-state index in [4.69, 9.17) is 4.74 Å². The number of carbonyl (C=O) groups is 2. The fourth-order valence-electron chi connectivity index (χ4n) is 3.53. The molecule has 1 aliphatic heterocycles. The Morgan fingerprint density at radius 3 is 2.53 bits per heavy atom. The van der Waals surface area contributed by atoms with Crippen LogP contribution in [0.25, 0.3) is 5.69 Å². The van der Waals surface area contributed by atoms with E-state index in [2.05, 4.69) is 16.3 Å². The van der Waals surface area contributed by atoms with E-state index in [9.17, 15) is 9.59 Å². The van der Waals surface area contributed by atoms with E-state index in [1.54, 1.807) is 17.0 Å². The van der Waals surface area contributed by atoms with Gasteiger partial charge in [-0.3, -0.25) is 9.36 Å². The van der Waals surface area contributed by atoms with Crippen LogP contribution in [-0.2, 0) is 22.5 Å². The van der Waals surface area contributed by atoms with E-state index in [0.29, 0.717) is 18.7 Å². The molecule has 3 aromatic rings. The van der Waals surface area contributed by atoms with Crippen LogP contribution in [0.2, 0.25) is 0 Å². The Labute approximate surface area is 179 Å². The highest BCUT2D eigenvalue weighted by Gasteiger charge is 2.21. The monoisotopic (exact) mass is 422 g/mol. The summed E-state index contributed by atoms with van der Waals surface area (Å²) < 4.78 is 7.18. The highest BCUT2D eigenvalue weighted by Crippen LogP contribution is 2.21. The number of carbonyl (C=O) groups excluding carboxylic acids is 2. The average molecular weight is 423 g/mol. The molecule has 0 N–H and O–H groups in total. The fraction of sp³-hybridized carbons (Fsp3) is 0.273. The van der Waals surface area contributed by atoms with Crippen LogP contribution in [0.1, 0.15) is 27.3 Å². The molecule has 0 saturated heterocycles. The van der Waals surface area contributed by atoms with Crippen molar-refractivity contribution in [3.63, 3.8) is 0 Å². The summed E-state index contributed by atoms with van der Waals surface area (Å²) in [7, 11) is 0. The molecule has 4 rings (SSSR count). The van der Waals surface area contributed by atoms with E-state index >= 15 is 0 Å². The summed E-state index contributed by atoms with van der Waals surface area (Å²) >= 11 is 1.50. The number of esters is 1. The first-order valence-corrected chi connectivity index (χ1v) is 10.9. The van der Waals surface area contributed by atoms with E-state index in [-0.39, 0.29) is 12.5 Å². The first kappa shape index (κ1) is 20.2. The number of rotatable bonds is 5. The van der Waals surface area contributed by atoms with Crippen LogP contribution in [0.15, 0.2) is 53.7 Å². The van der Waals surface area contributed by atoms with Gasteiger partial charge in [0.1, 0.15) is 5.82 Å². The van der Waals surface area contributed by atoms with Crippen LogP contribution in [0.3, 0.4) is 0 Å². The van der Waals surface area contributed by atoms with Crippen molar-refractivity contribution in [2.45, 2.75) is 25.0 Å². The molecule has 0 fully saturated rings. The number of fused-ring (bicyclic) bond motifs is 1. The predicted molar refractivity (Wildman–Crippen MR) is 114 cm³/mol. The Kier molecular flexibility index (Phi) is 5.85. The second-order valence-corrected chi connectivity index (χ2v) is 7.80. The molecule has 0 spiro atoms. The molecule has 154 valence electrons. The Morgan fingerprint density at radius 2 is 1.80 bits per heavy atom. The van der Waals surface area contributed by atoms with Gasteiger partial charge in [0.05, 0.1) is 5.56 Å². The summed E-state index contributed by atoms with van der Waals surface area (Å²) in [5.41, 5.74) is 3.67. The van der Waals surface area contributed by atoms with Gasteiger partial charge < -0.3 is 9.64 Å². The highest BCUT2D eigenvalue weighted by molar-refractivity contribution is 7.98. The van der Waals surface area contributed by atoms with E-state index < -0.39 is 5.97 Å². The molecule has 0 radical (unpaired) electrons. The summed E-state index contributed by atoms with van der Waals surface area (Å²) in [6.07, 6.45) is 2.75. The van der Waals surface area contributed by atoms with E-state index in [0.717, 1.165) is 28.7 Å². The third-order valence-electron chi connectivity index (χ3n) is 5.15. The van der Waals surface area contributed by atoms with Crippen molar-refractivity contribution in [1.29, 1.82) is 0 Å². The lowest BCUT2D eigenvalue weighted by Crippen LogP contribution is -2.38. The molecule has 2 aromatic carbocycles. The lowest BCUT2D eigenvalue weighted by atomic mass is 10.00. The summed E-state index contributed by atoms with van der Waals surface area (Å²) in [6, 6.07) is 15.1. The topological polar surface area (TPSA) is 77.3 Å². The van der Waals surface area contributed by atoms with E-state index in [1.165, 1.54) is 17.3 Å². The molecule has 1 aromatic heterocycles. The lowest BCUT2D eigenvalue weighted by molar-refractivity contribution is -0.135. The van der Waals surface area contributed by atoms with Gasteiger partial charge in [-0.2, -0.15) is 0 Å². The number of aromatic nitrogens is 3. The third-order valence-corrected chi connectivity index (χ3v) is 5.78. The normalized spacial score (nSPS) is 13.1. The Morgan fingerprint density at radius 1 is 1.07 bits per heavy atom. The number of ether oxygens (including phenoxy) is 1. The van der Waals surface area contributed by atoms with Gasteiger partial charge in [0.15, 0.2) is 11.8 Å². The smallest absolute Gasteiger partial charge is 0.338 e. The van der Waals surface area contributed by atoms with Crippen LogP contribution >= 0.6 is 11.8 Å². The molecule has 0 unspecified atom stereocenters. The molecule has 1 aliphatic rings. The third kappa shape index (κ3) is 4.09. The number of amides is 1. The Hall–Kier alpha value is -3.13. The minimum absolute atomic E-state index is 0.181. The van der Waals surface area contributed by atoms with Crippen LogP contribution in [0, 0.1) is 6.92 Å². The van der Waals surface area contributed by atoms with Crippen LogP contribution < -0.4 is 0 Å². The second kappa shape index (κ2) is 8.71. The highest BCUT2D eigenvalue weighted by atomic mass is 32.2. The average Bonchev–Trinajstić information content (AvgIpc) is 3.17. The van der Waals surface area contributed by atoms with Gasteiger partial charge in [0, 0.05) is 18.8 Å². The first-order valence-electron chi connectivity index (χ1n) is 9.65. The van der Waals surface area contributed by atoms with Gasteiger partial charge in [0.25, 0.3) is 5.91 Å². The zero-order chi connectivity index (χ0) is 21.1. The summed E-state index contributed by atoms with van der Waals surface area (Å²) in [5, 5.41) is 8.98. The van der Waals surface area contributed by atoms with Crippen molar-refractivity contribution in [1.82, 2.24) is 19.7 Å². The number of nitrogens with zero attached hydrogens (tertiary/aromatic N) is 4. The molecule has 0 bridgehead atoms. The first-order chi connectivity index (χ1) is 14.6. The van der Waals surface area contributed by atoms with Gasteiger partial charge in [0.2, 0.25) is 0 Å². The van der Waals surface area contributed by atoms with Crippen molar-refractivity contribution in [2.24, 2.45) is 0 Å². The molecular formula is C22H22N4O3S. The van der Waals surface area contributed by atoms with Crippen molar-refractivity contribution in [3.8, 4) is 5.69 Å². The quantitative estimate of drug-likeness (QED) is 0.465. The molecule has 2 heterocycles. The second-order valence-electron chi connectivity index (χ2n) is 7.03. The zero-order valence-corrected chi connectivity index (χ0v) is 17.7. The lowest BCUT2D eigenvalue weighted by Gasteiger charge is -2.28. The largest absolute Gasteiger partial charge is 0.452 e. The number of aryl methyl sites for hydroxylation is 1. The molecule has 30 heavy (non-hydrogen) atoms. The minimum Gasteiger partial charge on any atom is -0.452 e. The summed E-state index contributed by atoms with van der Waals surface area (Å²) in [5.74, 6) is 0.0699. The van der Waals surface area contributed by atoms with E-state index in [1.807, 2.05) is 48.1 Å². The number of thioether (sulfide) groups is 1. The van der Waals surface area contributed by atoms with Gasteiger partial charge in [-0.1, -0.05) is 36.0 Å². The predicted octanol–water partition coefficient (Wildman–Crippen LogP) is 3.04. The van der Waals surface area contributed by atoms with Crippen LogP contribution in [0.4, 0.5) is 0 Å². The van der Waals surface area contributed by atoms with Gasteiger partial charge in [-0.15, -0.1) is 10.2 Å². The van der Waals surface area contributed by atoms with Gasteiger partial charge in [-0.25, -0.2) is 4.79 Å². The number of hydrogen-bond acceptors (Lipinski definition) is 6. The summed E-state index contributed by atoms with van der Waals surface area (Å²) in [4.78, 5) is 26.6. The van der Waals surface area contributed by atoms with Crippen molar-refractivity contribution in [2.75, 3.05) is 19.4 Å². The van der Waals surface area contributed by atoms with Crippen molar-refractivity contribution < 1.29 is 14.3 Å². The van der Waals surface area contributed by atoms with Crippen LogP contribution in [-0.4, -0.2) is 50.9 Å². The molecule has 0 atom stereocenters. The minimum atomic E-state index is -0.516. The SMILES string of the molecule is CSc1nnc(C)n1-c1ccc(C(=O)OCC(=O)N2CCc3ccccc3C2)cc1. The fourth-order valence-corrected chi connectivity index (χ4v) is 4.07. The Bertz CT molecular complexity index is 1080. The molecule has 8 heteroatoms. The van der Waals surface area contributed by atoms with Crippen LogP contribution in [0.5, 0.6) is 0 Å². The summed E-state index contributed by atoms with van der Waals surface area (Å²) in [6.45, 7) is 2.80. The molecular weight excluding hydrogens is 400 g/mol. The maximum Gasteiger partial charge on any atom is 0.338 e. The molecule has 0 saturated carbocycles. The van der Waals surface area contributed by atoms with Gasteiger partial charge in [-0.05, 0) is 55.0 Å². The maximum atomic E-state index is 12.5. The molecule has 1 amide bonds. The number of benzene rings is 2.